The largest absolute Gasteiger partial charge is 0.467 e. The molecule has 0 aliphatic carbocycles. The van der Waals surface area contributed by atoms with Crippen molar-refractivity contribution in [3.8, 4) is 28.4 Å². The van der Waals surface area contributed by atoms with E-state index in [2.05, 4.69) is 25.6 Å². The molecule has 0 saturated carbocycles. The van der Waals surface area contributed by atoms with Gasteiger partial charge in [0.05, 0.1) is 25.9 Å². The standard InChI is InChI=1S/C40H41ClN8O5/c1-24-12-14-27(47(5)35-16-17-42-38(44-35)52-6)19-29(24)31-23-49(46-45-31)28-20-32(48(22-28)39(51)54-40(2,3)4)37(50)43-21-34-36(25-10-8-7-9-11-25)30-18-26(41)13-15-33(30)53-34/h7-19,23,28,32H,20-22H2,1-6H3,(H,43,50)/t28?,32-/m1/s1. The van der Waals surface area contributed by atoms with E-state index in [0.717, 1.165) is 33.3 Å². The number of methoxy groups -OCH3 is 1. The van der Waals surface area contributed by atoms with Gasteiger partial charge in [0.1, 0.15) is 34.5 Å². The first-order valence-corrected chi connectivity index (χ1v) is 17.9. The molecule has 2 atom stereocenters. The Bertz CT molecular complexity index is 2320. The summed E-state index contributed by atoms with van der Waals surface area (Å²) in [6, 6.07) is 22.2. The van der Waals surface area contributed by atoms with Crippen LogP contribution in [0.25, 0.3) is 33.4 Å². The second kappa shape index (κ2) is 14.8. The van der Waals surface area contributed by atoms with E-state index < -0.39 is 17.7 Å². The molecule has 1 aliphatic rings. The number of furan rings is 1. The molecule has 14 heteroatoms. The van der Waals surface area contributed by atoms with Crippen molar-refractivity contribution in [1.82, 2.24) is 35.2 Å². The lowest BCUT2D eigenvalue weighted by Crippen LogP contribution is -2.47. The SMILES string of the molecule is COc1nccc(N(C)c2ccc(C)c(-c3cn(C4C[C@H](C(=O)NCc5oc6ccc(Cl)cc6c5-c5ccccc5)N(C(=O)OC(C)(C)C)C4)nn3)c2)n1. The van der Waals surface area contributed by atoms with E-state index in [1.807, 2.05) is 85.7 Å². The van der Waals surface area contributed by atoms with Crippen LogP contribution in [-0.4, -0.2) is 74.2 Å². The number of amides is 2. The number of aryl methyl sites for hydroxylation is 1. The van der Waals surface area contributed by atoms with Crippen LogP contribution in [0, 0.1) is 6.92 Å². The zero-order valence-corrected chi connectivity index (χ0v) is 31.7. The second-order valence-corrected chi connectivity index (χ2v) is 14.6. The maximum atomic E-state index is 14.0. The van der Waals surface area contributed by atoms with Crippen LogP contribution in [0.5, 0.6) is 6.01 Å². The van der Waals surface area contributed by atoms with Gasteiger partial charge in [0, 0.05) is 53.4 Å². The lowest BCUT2D eigenvalue weighted by atomic mass is 10.0. The monoisotopic (exact) mass is 748 g/mol. The number of hydrogen-bond acceptors (Lipinski definition) is 10. The minimum Gasteiger partial charge on any atom is -0.467 e. The molecule has 7 rings (SSSR count). The number of aromatic nitrogens is 5. The number of nitrogens with one attached hydrogen (secondary N) is 1. The highest BCUT2D eigenvalue weighted by molar-refractivity contribution is 6.31. The lowest BCUT2D eigenvalue weighted by Gasteiger charge is -2.27. The first-order valence-electron chi connectivity index (χ1n) is 17.6. The molecule has 54 heavy (non-hydrogen) atoms. The molecule has 2 amide bonds. The normalized spacial score (nSPS) is 15.7. The molecule has 3 aromatic carbocycles. The molecular formula is C40H41ClN8O5. The van der Waals surface area contributed by atoms with E-state index in [-0.39, 0.29) is 31.0 Å². The van der Waals surface area contributed by atoms with E-state index in [1.165, 1.54) is 12.0 Å². The molecule has 13 nitrogen and oxygen atoms in total. The van der Waals surface area contributed by atoms with E-state index in [4.69, 9.17) is 25.5 Å². The van der Waals surface area contributed by atoms with Crippen molar-refractivity contribution >= 4 is 46.1 Å². The predicted molar refractivity (Wildman–Crippen MR) is 206 cm³/mol. The van der Waals surface area contributed by atoms with Gasteiger partial charge >= 0.3 is 12.1 Å². The summed E-state index contributed by atoms with van der Waals surface area (Å²) in [6.07, 6.45) is 3.21. The van der Waals surface area contributed by atoms with Gasteiger partial charge in [0.25, 0.3) is 0 Å². The van der Waals surface area contributed by atoms with Crippen LogP contribution >= 0.6 is 11.6 Å². The molecule has 0 spiro atoms. The van der Waals surface area contributed by atoms with Crippen LogP contribution in [0.3, 0.4) is 0 Å². The highest BCUT2D eigenvalue weighted by Crippen LogP contribution is 2.37. The summed E-state index contributed by atoms with van der Waals surface area (Å²) in [7, 11) is 3.44. The fraction of sp³-hybridized carbons (Fsp3) is 0.300. The van der Waals surface area contributed by atoms with Gasteiger partial charge in [-0.1, -0.05) is 53.2 Å². The first kappa shape index (κ1) is 36.4. The Morgan fingerprint density at radius 2 is 1.87 bits per heavy atom. The Labute approximate surface area is 317 Å². The van der Waals surface area contributed by atoms with E-state index in [9.17, 15) is 9.59 Å². The average molecular weight is 749 g/mol. The third kappa shape index (κ3) is 7.58. The Morgan fingerprint density at radius 3 is 2.63 bits per heavy atom. The molecule has 278 valence electrons. The third-order valence-corrected chi connectivity index (χ3v) is 9.57. The quantitative estimate of drug-likeness (QED) is 0.156. The summed E-state index contributed by atoms with van der Waals surface area (Å²) < 4.78 is 18.9. The van der Waals surface area contributed by atoms with Crippen molar-refractivity contribution in [2.45, 2.75) is 58.3 Å². The number of fused-ring (bicyclic) bond motifs is 1. The van der Waals surface area contributed by atoms with Gasteiger partial charge < -0.3 is 24.1 Å². The van der Waals surface area contributed by atoms with Crippen molar-refractivity contribution < 1.29 is 23.5 Å². The number of rotatable bonds is 9. The Morgan fingerprint density at radius 1 is 1.07 bits per heavy atom. The van der Waals surface area contributed by atoms with Gasteiger partial charge in [-0.05, 0) is 75.2 Å². The number of ether oxygens (including phenoxy) is 2. The number of anilines is 2. The highest BCUT2D eigenvalue weighted by Gasteiger charge is 2.43. The fourth-order valence-corrected chi connectivity index (χ4v) is 6.82. The molecule has 1 saturated heterocycles. The molecule has 1 N–H and O–H groups in total. The summed E-state index contributed by atoms with van der Waals surface area (Å²) in [4.78, 5) is 39.6. The number of likely N-dealkylation sites (tertiary alicyclic amines) is 1. The summed E-state index contributed by atoms with van der Waals surface area (Å²) in [5, 5.41) is 13.5. The van der Waals surface area contributed by atoms with Crippen LogP contribution in [0.2, 0.25) is 5.02 Å². The van der Waals surface area contributed by atoms with Crippen LogP contribution in [0.1, 0.15) is 44.6 Å². The lowest BCUT2D eigenvalue weighted by molar-refractivity contribution is -0.125. The number of hydrogen-bond donors (Lipinski definition) is 1. The van der Waals surface area contributed by atoms with Gasteiger partial charge in [0.2, 0.25) is 5.91 Å². The fourth-order valence-electron chi connectivity index (χ4n) is 6.65. The number of carbonyl (C=O) groups excluding carboxylic acids is 2. The number of halogens is 1. The summed E-state index contributed by atoms with van der Waals surface area (Å²) in [6.45, 7) is 7.69. The maximum Gasteiger partial charge on any atom is 0.411 e. The molecular weight excluding hydrogens is 708 g/mol. The molecule has 1 unspecified atom stereocenters. The molecule has 1 aliphatic heterocycles. The van der Waals surface area contributed by atoms with E-state index in [0.29, 0.717) is 34.3 Å². The number of benzene rings is 3. The zero-order valence-electron chi connectivity index (χ0n) is 30.9. The molecule has 3 aromatic heterocycles. The van der Waals surface area contributed by atoms with Crippen molar-refractivity contribution in [1.29, 1.82) is 0 Å². The summed E-state index contributed by atoms with van der Waals surface area (Å²) >= 11 is 6.37. The van der Waals surface area contributed by atoms with Gasteiger partial charge in [-0.3, -0.25) is 9.69 Å². The molecule has 0 radical (unpaired) electrons. The minimum atomic E-state index is -0.833. The van der Waals surface area contributed by atoms with Gasteiger partial charge in [0.15, 0.2) is 0 Å². The highest BCUT2D eigenvalue weighted by atomic mass is 35.5. The van der Waals surface area contributed by atoms with Crippen LogP contribution in [0.15, 0.2) is 89.6 Å². The van der Waals surface area contributed by atoms with E-state index >= 15 is 0 Å². The van der Waals surface area contributed by atoms with Crippen LogP contribution < -0.4 is 15.0 Å². The third-order valence-electron chi connectivity index (χ3n) is 9.33. The second-order valence-electron chi connectivity index (χ2n) is 14.2. The summed E-state index contributed by atoms with van der Waals surface area (Å²) in [5.41, 5.74) is 5.08. The van der Waals surface area contributed by atoms with Crippen molar-refractivity contribution in [3.05, 3.63) is 102 Å². The van der Waals surface area contributed by atoms with Crippen molar-refractivity contribution in [2.24, 2.45) is 0 Å². The van der Waals surface area contributed by atoms with Crippen LogP contribution in [0.4, 0.5) is 16.3 Å². The molecule has 1 fully saturated rings. The topological polar surface area (TPSA) is 141 Å². The Kier molecular flexibility index (Phi) is 9.99. The van der Waals surface area contributed by atoms with Crippen molar-refractivity contribution in [3.63, 3.8) is 0 Å². The predicted octanol–water partition coefficient (Wildman–Crippen LogP) is 7.75. The number of nitrogens with zero attached hydrogens (tertiary/aromatic N) is 7. The maximum absolute atomic E-state index is 14.0. The molecule has 0 bridgehead atoms. The van der Waals surface area contributed by atoms with Crippen LogP contribution in [-0.2, 0) is 16.1 Å². The Balaban J connectivity index is 1.13. The minimum absolute atomic E-state index is 0.0953. The average Bonchev–Trinajstić information content (AvgIpc) is 3.91. The van der Waals surface area contributed by atoms with Gasteiger partial charge in [-0.2, -0.15) is 4.98 Å². The van der Waals surface area contributed by atoms with Gasteiger partial charge in [-0.25, -0.2) is 14.5 Å². The Hall–Kier alpha value is -5.95. The smallest absolute Gasteiger partial charge is 0.411 e. The number of carbonyl (C=O) groups is 2. The molecule has 4 heterocycles. The zero-order chi connectivity index (χ0) is 38.1. The van der Waals surface area contributed by atoms with Gasteiger partial charge in [-0.15, -0.1) is 5.10 Å². The molecule has 6 aromatic rings. The first-order chi connectivity index (χ1) is 25.9. The summed E-state index contributed by atoms with van der Waals surface area (Å²) in [5.74, 6) is 0.904. The van der Waals surface area contributed by atoms with E-state index in [1.54, 1.807) is 43.8 Å². The van der Waals surface area contributed by atoms with Crippen molar-refractivity contribution in [2.75, 3.05) is 25.6 Å².